The number of carbonyl (C=O) groups excluding carboxylic acids is 3. The summed E-state index contributed by atoms with van der Waals surface area (Å²) in [7, 11) is 0. The Kier molecular flexibility index (Phi) is 6.12. The van der Waals surface area contributed by atoms with Crippen molar-refractivity contribution in [3.63, 3.8) is 0 Å². The van der Waals surface area contributed by atoms with E-state index in [0.29, 0.717) is 0 Å². The van der Waals surface area contributed by atoms with Gasteiger partial charge in [-0.3, -0.25) is 14.4 Å². The molecule has 0 aliphatic rings. The topological polar surface area (TPSA) is 63.2 Å². The van der Waals surface area contributed by atoms with Crippen LogP contribution in [0.15, 0.2) is 0 Å². The van der Waals surface area contributed by atoms with Crippen LogP contribution in [0.2, 0.25) is 0 Å². The second kappa shape index (κ2) is 6.51. The Labute approximate surface area is 122 Å². The molecule has 0 aliphatic carbocycles. The van der Waals surface area contributed by atoms with E-state index in [2.05, 4.69) is 5.32 Å². The van der Waals surface area contributed by atoms with E-state index in [0.717, 1.165) is 0 Å². The van der Waals surface area contributed by atoms with Crippen molar-refractivity contribution in [1.82, 2.24) is 5.32 Å². The summed E-state index contributed by atoms with van der Waals surface area (Å²) in [4.78, 5) is 35.9. The van der Waals surface area contributed by atoms with E-state index in [1.165, 1.54) is 6.92 Å². The molecule has 4 nitrogen and oxygen atoms in total. The predicted molar refractivity (Wildman–Crippen MR) is 80.3 cm³/mol. The number of nitrogens with one attached hydrogen (secondary N) is 1. The van der Waals surface area contributed by atoms with Crippen molar-refractivity contribution in [2.24, 2.45) is 16.7 Å². The van der Waals surface area contributed by atoms with E-state index >= 15 is 0 Å². The van der Waals surface area contributed by atoms with E-state index in [1.54, 1.807) is 20.8 Å². The van der Waals surface area contributed by atoms with Crippen LogP contribution in [0.1, 0.15) is 61.8 Å². The van der Waals surface area contributed by atoms with Crippen LogP contribution in [0.3, 0.4) is 0 Å². The summed E-state index contributed by atoms with van der Waals surface area (Å²) < 4.78 is 0. The van der Waals surface area contributed by atoms with Crippen LogP contribution >= 0.6 is 0 Å². The van der Waals surface area contributed by atoms with Gasteiger partial charge in [0.05, 0.1) is 6.04 Å². The minimum absolute atomic E-state index is 0.0543. The van der Waals surface area contributed by atoms with E-state index in [4.69, 9.17) is 0 Å². The molecule has 4 heteroatoms. The van der Waals surface area contributed by atoms with Crippen molar-refractivity contribution < 1.29 is 14.4 Å². The maximum Gasteiger partial charge on any atom is 0.223 e. The van der Waals surface area contributed by atoms with Crippen molar-refractivity contribution in [2.75, 3.05) is 0 Å². The lowest BCUT2D eigenvalue weighted by Crippen LogP contribution is -2.49. The smallest absolute Gasteiger partial charge is 0.223 e. The molecular weight excluding hydrogens is 254 g/mol. The van der Waals surface area contributed by atoms with Crippen molar-refractivity contribution in [3.8, 4) is 0 Å². The van der Waals surface area contributed by atoms with Crippen LogP contribution in [0, 0.1) is 16.7 Å². The van der Waals surface area contributed by atoms with Crippen LogP contribution in [-0.2, 0) is 14.4 Å². The van der Waals surface area contributed by atoms with Crippen molar-refractivity contribution in [2.45, 2.75) is 67.9 Å². The molecule has 0 rings (SSSR count). The van der Waals surface area contributed by atoms with Gasteiger partial charge in [-0.15, -0.1) is 0 Å². The molecule has 0 saturated heterocycles. The number of amides is 1. The predicted octanol–water partition coefficient (Wildman–Crippen LogP) is 2.75. The molecule has 2 atom stereocenters. The highest BCUT2D eigenvalue weighted by Crippen LogP contribution is 2.26. The highest BCUT2D eigenvalue weighted by Gasteiger charge is 2.34. The van der Waals surface area contributed by atoms with Crippen LogP contribution in [0.4, 0.5) is 0 Å². The molecule has 0 aromatic heterocycles. The largest absolute Gasteiger partial charge is 0.346 e. The zero-order valence-corrected chi connectivity index (χ0v) is 14.1. The quantitative estimate of drug-likeness (QED) is 0.844. The van der Waals surface area contributed by atoms with E-state index in [9.17, 15) is 14.4 Å². The van der Waals surface area contributed by atoms with Gasteiger partial charge in [0.2, 0.25) is 5.91 Å². The third kappa shape index (κ3) is 5.85. The first kappa shape index (κ1) is 18.8. The van der Waals surface area contributed by atoms with Crippen molar-refractivity contribution >= 4 is 17.5 Å². The average molecular weight is 283 g/mol. The van der Waals surface area contributed by atoms with Crippen LogP contribution in [0.25, 0.3) is 0 Å². The summed E-state index contributed by atoms with van der Waals surface area (Å²) in [6.45, 7) is 14.6. The number of hydrogen-bond acceptors (Lipinski definition) is 3. The number of Topliss-reactive ketones (excluding diaryl/α,β-unsaturated/α-hetero) is 2. The normalized spacial score (nSPS) is 15.4. The van der Waals surface area contributed by atoms with E-state index in [-0.39, 0.29) is 35.2 Å². The minimum atomic E-state index is -0.732. The Morgan fingerprint density at radius 1 is 1.00 bits per heavy atom. The molecular formula is C16H29NO3. The van der Waals surface area contributed by atoms with Gasteiger partial charge in [-0.1, -0.05) is 48.5 Å². The maximum atomic E-state index is 12.3. The zero-order chi connectivity index (χ0) is 16.3. The summed E-state index contributed by atoms with van der Waals surface area (Å²) in [6, 6.07) is -0.732. The van der Waals surface area contributed by atoms with Gasteiger partial charge in [0, 0.05) is 17.8 Å². The summed E-state index contributed by atoms with van der Waals surface area (Å²) >= 11 is 0. The summed E-state index contributed by atoms with van der Waals surface area (Å²) in [5.41, 5.74) is -0.770. The van der Waals surface area contributed by atoms with Crippen LogP contribution in [-0.4, -0.2) is 23.5 Å². The fraction of sp³-hybridized carbons (Fsp3) is 0.812. The molecule has 0 fully saturated rings. The summed E-state index contributed by atoms with van der Waals surface area (Å²) in [5, 5.41) is 2.75. The fourth-order valence-corrected chi connectivity index (χ4v) is 1.71. The minimum Gasteiger partial charge on any atom is -0.346 e. The van der Waals surface area contributed by atoms with Gasteiger partial charge in [0.15, 0.2) is 5.78 Å². The molecule has 2 unspecified atom stereocenters. The van der Waals surface area contributed by atoms with Crippen molar-refractivity contribution in [1.29, 1.82) is 0 Å². The number of carbonyl (C=O) groups is 3. The molecule has 0 bridgehead atoms. The Balaban J connectivity index is 5.06. The first-order valence-corrected chi connectivity index (χ1v) is 7.11. The molecule has 0 aromatic carbocycles. The fourth-order valence-electron chi connectivity index (χ4n) is 1.71. The highest BCUT2D eigenvalue weighted by molar-refractivity contribution is 5.96. The van der Waals surface area contributed by atoms with Gasteiger partial charge in [-0.2, -0.15) is 0 Å². The van der Waals surface area contributed by atoms with Gasteiger partial charge in [-0.05, 0) is 12.3 Å². The SMILES string of the molecule is CC(=O)CC(NC(=O)C(C)C(C)(C)C)C(=O)C(C)(C)C. The Bertz CT molecular complexity index is 386. The molecule has 1 N–H and O–H groups in total. The van der Waals surface area contributed by atoms with Crippen molar-refractivity contribution in [3.05, 3.63) is 0 Å². The molecule has 0 radical (unpaired) electrons. The molecule has 0 heterocycles. The van der Waals surface area contributed by atoms with Gasteiger partial charge >= 0.3 is 0 Å². The lowest BCUT2D eigenvalue weighted by molar-refractivity contribution is -0.136. The molecule has 116 valence electrons. The Morgan fingerprint density at radius 2 is 1.45 bits per heavy atom. The van der Waals surface area contributed by atoms with Gasteiger partial charge in [0.25, 0.3) is 0 Å². The molecule has 0 saturated carbocycles. The lowest BCUT2D eigenvalue weighted by Gasteiger charge is -2.30. The maximum absolute atomic E-state index is 12.3. The number of hydrogen-bond donors (Lipinski definition) is 1. The number of ketones is 2. The van der Waals surface area contributed by atoms with Gasteiger partial charge < -0.3 is 5.32 Å². The van der Waals surface area contributed by atoms with E-state index in [1.807, 2.05) is 27.7 Å². The molecule has 20 heavy (non-hydrogen) atoms. The van der Waals surface area contributed by atoms with Gasteiger partial charge in [-0.25, -0.2) is 0 Å². The summed E-state index contributed by atoms with van der Waals surface area (Å²) in [6.07, 6.45) is 0.0543. The third-order valence-electron chi connectivity index (χ3n) is 3.56. The third-order valence-corrected chi connectivity index (χ3v) is 3.56. The number of rotatable bonds is 5. The van der Waals surface area contributed by atoms with Crippen LogP contribution in [0.5, 0.6) is 0 Å². The monoisotopic (exact) mass is 283 g/mol. The standard InChI is InChI=1S/C16H29NO3/c1-10(18)9-12(13(19)16(6,7)8)17-14(20)11(2)15(3,4)5/h11-12H,9H2,1-8H3,(H,17,20). The molecule has 0 aliphatic heterocycles. The van der Waals surface area contributed by atoms with Crippen LogP contribution < -0.4 is 5.32 Å². The Morgan fingerprint density at radius 3 is 1.75 bits per heavy atom. The second-order valence-corrected chi connectivity index (χ2v) is 7.67. The molecule has 1 amide bonds. The first-order chi connectivity index (χ1) is 8.76. The molecule has 0 spiro atoms. The Hall–Kier alpha value is -1.19. The lowest BCUT2D eigenvalue weighted by atomic mass is 9.80. The first-order valence-electron chi connectivity index (χ1n) is 7.11. The average Bonchev–Trinajstić information content (AvgIpc) is 2.22. The second-order valence-electron chi connectivity index (χ2n) is 7.67. The van der Waals surface area contributed by atoms with E-state index < -0.39 is 11.5 Å². The van der Waals surface area contributed by atoms with Gasteiger partial charge in [0.1, 0.15) is 5.78 Å². The molecule has 0 aromatic rings. The highest BCUT2D eigenvalue weighted by atomic mass is 16.2. The zero-order valence-electron chi connectivity index (χ0n) is 14.1. The summed E-state index contributed by atoms with van der Waals surface area (Å²) in [5.74, 6) is -0.621.